The highest BCUT2D eigenvalue weighted by Crippen LogP contribution is 2.41. The molecule has 0 amide bonds. The first-order valence-corrected chi connectivity index (χ1v) is 8.15. The third-order valence-electron chi connectivity index (χ3n) is 4.65. The molecule has 1 aromatic carbocycles. The number of nitrogens with zero attached hydrogens (tertiary/aromatic N) is 4. The zero-order valence-electron chi connectivity index (χ0n) is 13.9. The van der Waals surface area contributed by atoms with Gasteiger partial charge in [0.1, 0.15) is 11.9 Å². The molecular weight excluding hydrogens is 322 g/mol. The highest BCUT2D eigenvalue weighted by atomic mass is 16.6. The molecule has 0 fully saturated rings. The van der Waals surface area contributed by atoms with Gasteiger partial charge in [0.15, 0.2) is 5.78 Å². The molecular formula is C17H17N5O3. The predicted octanol–water partition coefficient (Wildman–Crippen LogP) is 2.76. The summed E-state index contributed by atoms with van der Waals surface area (Å²) < 4.78 is 1.70. The lowest BCUT2D eigenvalue weighted by Crippen LogP contribution is -2.33. The molecule has 4 rings (SSSR count). The van der Waals surface area contributed by atoms with Gasteiger partial charge in [-0.25, -0.2) is 4.68 Å². The summed E-state index contributed by atoms with van der Waals surface area (Å²) in [4.78, 5) is 27.6. The lowest BCUT2D eigenvalue weighted by atomic mass is 9.81. The van der Waals surface area contributed by atoms with Crippen molar-refractivity contribution in [1.29, 1.82) is 0 Å². The normalized spacial score (nSPS) is 22.2. The number of nitro groups is 1. The molecule has 128 valence electrons. The number of carbonyl (C=O) groups is 1. The Hall–Kier alpha value is -3.03. The summed E-state index contributed by atoms with van der Waals surface area (Å²) in [5, 5.41) is 18.6. The number of hydrogen-bond donors (Lipinski definition) is 1. The molecule has 8 nitrogen and oxygen atoms in total. The van der Waals surface area contributed by atoms with Crippen LogP contribution in [0.5, 0.6) is 0 Å². The second-order valence-corrected chi connectivity index (χ2v) is 6.63. The third-order valence-corrected chi connectivity index (χ3v) is 4.65. The van der Waals surface area contributed by atoms with Crippen molar-refractivity contribution in [2.45, 2.75) is 32.7 Å². The molecule has 0 radical (unpaired) electrons. The monoisotopic (exact) mass is 339 g/mol. The number of hydrogen-bond acceptors (Lipinski definition) is 6. The number of Topliss-reactive ketones (excluding diaryl/α,β-unsaturated/α-hetero) is 1. The minimum atomic E-state index is -0.435. The number of ketones is 1. The summed E-state index contributed by atoms with van der Waals surface area (Å²) in [7, 11) is 0. The highest BCUT2D eigenvalue weighted by molar-refractivity contribution is 5.99. The van der Waals surface area contributed by atoms with Crippen molar-refractivity contribution in [3.63, 3.8) is 0 Å². The molecule has 1 N–H and O–H groups in total. The number of nitro benzene ring substituents is 1. The quantitative estimate of drug-likeness (QED) is 0.666. The van der Waals surface area contributed by atoms with Crippen LogP contribution in [0.25, 0.3) is 0 Å². The van der Waals surface area contributed by atoms with E-state index < -0.39 is 11.0 Å². The van der Waals surface area contributed by atoms with Crippen LogP contribution in [0.15, 0.2) is 35.5 Å². The van der Waals surface area contributed by atoms with Crippen molar-refractivity contribution in [3.05, 3.63) is 57.0 Å². The molecule has 1 aromatic heterocycles. The van der Waals surface area contributed by atoms with Crippen LogP contribution in [0.1, 0.15) is 37.2 Å². The first kappa shape index (κ1) is 15.5. The number of non-ortho nitro benzene ring substituents is 1. The molecule has 1 aliphatic heterocycles. The Morgan fingerprint density at radius 2 is 2.00 bits per heavy atom. The predicted molar refractivity (Wildman–Crippen MR) is 90.0 cm³/mol. The molecule has 1 aliphatic carbocycles. The maximum absolute atomic E-state index is 12.7. The first-order valence-electron chi connectivity index (χ1n) is 8.15. The van der Waals surface area contributed by atoms with Crippen molar-refractivity contribution in [1.82, 2.24) is 14.8 Å². The van der Waals surface area contributed by atoms with Crippen LogP contribution < -0.4 is 5.32 Å². The van der Waals surface area contributed by atoms with Gasteiger partial charge in [0.05, 0.1) is 4.92 Å². The van der Waals surface area contributed by atoms with Crippen LogP contribution in [-0.2, 0) is 4.79 Å². The molecule has 8 heteroatoms. The summed E-state index contributed by atoms with van der Waals surface area (Å²) in [6.45, 7) is 3.85. The van der Waals surface area contributed by atoms with Crippen LogP contribution >= 0.6 is 0 Å². The van der Waals surface area contributed by atoms with E-state index in [2.05, 4.69) is 22.3 Å². The van der Waals surface area contributed by atoms with Crippen molar-refractivity contribution < 1.29 is 9.72 Å². The smallest absolute Gasteiger partial charge is 0.269 e. The van der Waals surface area contributed by atoms with Crippen molar-refractivity contribution in [2.24, 2.45) is 5.92 Å². The largest absolute Gasteiger partial charge is 0.328 e. The Labute approximate surface area is 143 Å². The highest BCUT2D eigenvalue weighted by Gasteiger charge is 2.38. The van der Waals surface area contributed by atoms with E-state index in [9.17, 15) is 14.9 Å². The average molecular weight is 339 g/mol. The van der Waals surface area contributed by atoms with Crippen LogP contribution in [-0.4, -0.2) is 25.5 Å². The number of rotatable bonds is 2. The van der Waals surface area contributed by atoms with E-state index in [1.165, 1.54) is 12.1 Å². The van der Waals surface area contributed by atoms with Gasteiger partial charge in [-0.15, -0.1) is 0 Å². The number of allylic oxidation sites excluding steroid dienone is 2. The topological polar surface area (TPSA) is 103 Å². The minimum Gasteiger partial charge on any atom is -0.328 e. The third kappa shape index (κ3) is 2.50. The lowest BCUT2D eigenvalue weighted by Gasteiger charge is -2.34. The lowest BCUT2D eigenvalue weighted by molar-refractivity contribution is -0.384. The summed E-state index contributed by atoms with van der Waals surface area (Å²) in [5.41, 5.74) is 2.37. The number of carbonyl (C=O) groups excluding carboxylic acids is 1. The molecule has 0 spiro atoms. The number of benzene rings is 1. The first-order chi connectivity index (χ1) is 11.9. The molecule has 2 atom stereocenters. The van der Waals surface area contributed by atoms with Crippen LogP contribution in [0.2, 0.25) is 0 Å². The molecule has 0 saturated heterocycles. The average Bonchev–Trinajstić information content (AvgIpc) is 2.92. The zero-order valence-corrected chi connectivity index (χ0v) is 13.9. The minimum absolute atomic E-state index is 0.0190. The van der Waals surface area contributed by atoms with E-state index in [4.69, 9.17) is 0 Å². The van der Waals surface area contributed by atoms with Gasteiger partial charge in [-0.3, -0.25) is 14.9 Å². The number of nitrogens with one attached hydrogen (secondary N) is 1. The fraction of sp³-hybridized carbons (Fsp3) is 0.353. The van der Waals surface area contributed by atoms with Crippen LogP contribution in [0.3, 0.4) is 0 Å². The SMILES string of the molecule is Cc1nc2n(n1)C(c1ccc([N+](=O)[O-])cc1)C1=C(CC(C)CC1=O)N2. The summed E-state index contributed by atoms with van der Waals surface area (Å²) in [6, 6.07) is 5.87. The molecule has 0 bridgehead atoms. The summed E-state index contributed by atoms with van der Waals surface area (Å²) in [6.07, 6.45) is 1.27. The number of aromatic nitrogens is 3. The van der Waals surface area contributed by atoms with E-state index in [-0.39, 0.29) is 17.4 Å². The van der Waals surface area contributed by atoms with Gasteiger partial charge in [0, 0.05) is 29.8 Å². The summed E-state index contributed by atoms with van der Waals surface area (Å²) in [5.74, 6) is 1.56. The van der Waals surface area contributed by atoms with Crippen molar-refractivity contribution in [3.8, 4) is 0 Å². The van der Waals surface area contributed by atoms with Gasteiger partial charge < -0.3 is 5.32 Å². The Kier molecular flexibility index (Phi) is 3.41. The van der Waals surface area contributed by atoms with Crippen LogP contribution in [0, 0.1) is 23.0 Å². The van der Waals surface area contributed by atoms with E-state index in [1.807, 2.05) is 0 Å². The number of aryl methyl sites for hydroxylation is 1. The molecule has 0 saturated carbocycles. The molecule has 2 aromatic rings. The Morgan fingerprint density at radius 1 is 1.28 bits per heavy atom. The van der Waals surface area contributed by atoms with E-state index in [0.29, 0.717) is 23.8 Å². The Bertz CT molecular complexity index is 913. The maximum Gasteiger partial charge on any atom is 0.269 e. The second kappa shape index (κ2) is 5.51. The standard InChI is InChI=1S/C17H17N5O3/c1-9-7-13-15(14(23)8-9)16(21-17(19-13)18-10(2)20-21)11-3-5-12(6-4-11)22(24)25/h3-6,9,16H,7-8H2,1-2H3,(H,18,19,20). The van der Waals surface area contributed by atoms with Crippen molar-refractivity contribution in [2.75, 3.05) is 5.32 Å². The zero-order chi connectivity index (χ0) is 17.7. The van der Waals surface area contributed by atoms with E-state index in [0.717, 1.165) is 17.7 Å². The molecule has 2 aliphatic rings. The fourth-order valence-corrected chi connectivity index (χ4v) is 3.60. The number of anilines is 1. The molecule has 2 heterocycles. The Morgan fingerprint density at radius 3 is 2.68 bits per heavy atom. The maximum atomic E-state index is 12.7. The van der Waals surface area contributed by atoms with Crippen LogP contribution in [0.4, 0.5) is 11.6 Å². The molecule has 25 heavy (non-hydrogen) atoms. The van der Waals surface area contributed by atoms with Gasteiger partial charge in [-0.05, 0) is 37.0 Å². The van der Waals surface area contributed by atoms with Gasteiger partial charge in [0.2, 0.25) is 5.95 Å². The van der Waals surface area contributed by atoms with Gasteiger partial charge in [-0.1, -0.05) is 6.92 Å². The van der Waals surface area contributed by atoms with Gasteiger partial charge in [-0.2, -0.15) is 10.1 Å². The van der Waals surface area contributed by atoms with E-state index >= 15 is 0 Å². The van der Waals surface area contributed by atoms with Gasteiger partial charge in [0.25, 0.3) is 5.69 Å². The fourth-order valence-electron chi connectivity index (χ4n) is 3.60. The van der Waals surface area contributed by atoms with Crippen molar-refractivity contribution >= 4 is 17.4 Å². The second-order valence-electron chi connectivity index (χ2n) is 6.63. The number of fused-ring (bicyclic) bond motifs is 1. The van der Waals surface area contributed by atoms with Gasteiger partial charge >= 0.3 is 0 Å². The summed E-state index contributed by atoms with van der Waals surface area (Å²) >= 11 is 0. The Balaban J connectivity index is 1.87. The molecule has 2 unspecified atom stereocenters. The van der Waals surface area contributed by atoms with E-state index in [1.54, 1.807) is 23.7 Å².